The number of hydrogen-bond donors (Lipinski definition) is 0. The maximum absolute atomic E-state index is 5.74. The fourth-order valence-electron chi connectivity index (χ4n) is 2.65. The minimum absolute atomic E-state index is 0.542. The number of aromatic nitrogens is 2. The second-order valence-corrected chi connectivity index (χ2v) is 5.64. The van der Waals surface area contributed by atoms with Crippen molar-refractivity contribution in [2.45, 2.75) is 13.8 Å². The molecule has 0 atom stereocenters. The molecule has 0 radical (unpaired) electrons. The summed E-state index contributed by atoms with van der Waals surface area (Å²) in [6.07, 6.45) is 1.73. The van der Waals surface area contributed by atoms with Crippen molar-refractivity contribution in [3.8, 4) is 22.9 Å². The minimum atomic E-state index is 0.542. The van der Waals surface area contributed by atoms with Crippen molar-refractivity contribution in [3.05, 3.63) is 48.2 Å². The van der Waals surface area contributed by atoms with Gasteiger partial charge in [-0.1, -0.05) is 0 Å². The third-order valence-corrected chi connectivity index (χ3v) is 3.93. The van der Waals surface area contributed by atoms with Gasteiger partial charge in [-0.3, -0.25) is 0 Å². The van der Waals surface area contributed by atoms with Gasteiger partial charge in [0.1, 0.15) is 12.4 Å². The zero-order chi connectivity index (χ0) is 17.6. The largest absolute Gasteiger partial charge is 0.491 e. The molecule has 0 aliphatic rings. The van der Waals surface area contributed by atoms with Crippen LogP contribution in [0.25, 0.3) is 22.2 Å². The first kappa shape index (κ1) is 17.2. The van der Waals surface area contributed by atoms with Gasteiger partial charge in [0.25, 0.3) is 0 Å². The maximum atomic E-state index is 5.74. The van der Waals surface area contributed by atoms with E-state index in [1.54, 1.807) is 13.3 Å². The van der Waals surface area contributed by atoms with E-state index in [0.29, 0.717) is 25.7 Å². The van der Waals surface area contributed by atoms with Crippen molar-refractivity contribution in [2.24, 2.45) is 0 Å². The number of rotatable bonds is 7. The van der Waals surface area contributed by atoms with E-state index in [1.165, 1.54) is 0 Å². The molecular formula is C20H22N2O3. The summed E-state index contributed by atoms with van der Waals surface area (Å²) in [5.41, 5.74) is 3.96. The van der Waals surface area contributed by atoms with Gasteiger partial charge < -0.3 is 14.2 Å². The third-order valence-electron chi connectivity index (χ3n) is 3.93. The van der Waals surface area contributed by atoms with Crippen molar-refractivity contribution < 1.29 is 14.2 Å². The lowest BCUT2D eigenvalue weighted by Gasteiger charge is -2.10. The number of hydrogen-bond acceptors (Lipinski definition) is 5. The van der Waals surface area contributed by atoms with E-state index in [9.17, 15) is 0 Å². The Labute approximate surface area is 147 Å². The molecular weight excluding hydrogens is 316 g/mol. The SMILES string of the molecule is CCOCCOc1ccc2nc(-c3ccnc(OC)c3)cc(C)c2c1. The molecule has 25 heavy (non-hydrogen) atoms. The summed E-state index contributed by atoms with van der Waals surface area (Å²) >= 11 is 0. The van der Waals surface area contributed by atoms with E-state index >= 15 is 0 Å². The van der Waals surface area contributed by atoms with Crippen LogP contribution in [-0.2, 0) is 4.74 Å². The zero-order valence-electron chi connectivity index (χ0n) is 14.8. The first-order valence-corrected chi connectivity index (χ1v) is 8.33. The van der Waals surface area contributed by atoms with E-state index < -0.39 is 0 Å². The number of aryl methyl sites for hydroxylation is 1. The van der Waals surface area contributed by atoms with Gasteiger partial charge in [0, 0.05) is 29.8 Å². The van der Waals surface area contributed by atoms with Crippen LogP contribution in [0.5, 0.6) is 11.6 Å². The van der Waals surface area contributed by atoms with Crippen LogP contribution in [0.2, 0.25) is 0 Å². The molecule has 3 aromatic rings. The van der Waals surface area contributed by atoms with Crippen LogP contribution in [0.3, 0.4) is 0 Å². The molecule has 5 heteroatoms. The monoisotopic (exact) mass is 338 g/mol. The van der Waals surface area contributed by atoms with Crippen LogP contribution < -0.4 is 9.47 Å². The summed E-state index contributed by atoms with van der Waals surface area (Å²) in [5, 5.41) is 1.08. The van der Waals surface area contributed by atoms with Gasteiger partial charge in [0.15, 0.2) is 0 Å². The Balaban J connectivity index is 1.89. The first-order valence-electron chi connectivity index (χ1n) is 8.33. The van der Waals surface area contributed by atoms with Crippen molar-refractivity contribution in [3.63, 3.8) is 0 Å². The average Bonchev–Trinajstić information content (AvgIpc) is 2.65. The number of methoxy groups -OCH3 is 1. The summed E-state index contributed by atoms with van der Waals surface area (Å²) in [5.74, 6) is 1.41. The van der Waals surface area contributed by atoms with Crippen molar-refractivity contribution >= 4 is 10.9 Å². The van der Waals surface area contributed by atoms with E-state index in [1.807, 2.05) is 37.3 Å². The van der Waals surface area contributed by atoms with Gasteiger partial charge in [-0.2, -0.15) is 0 Å². The molecule has 2 heterocycles. The van der Waals surface area contributed by atoms with Crippen molar-refractivity contribution in [1.82, 2.24) is 9.97 Å². The summed E-state index contributed by atoms with van der Waals surface area (Å²) in [7, 11) is 1.61. The molecule has 0 bridgehead atoms. The molecule has 0 amide bonds. The predicted octanol–water partition coefficient (Wildman–Crippen LogP) is 4.03. The van der Waals surface area contributed by atoms with E-state index in [2.05, 4.69) is 18.0 Å². The quantitative estimate of drug-likeness (QED) is 0.609. The highest BCUT2D eigenvalue weighted by atomic mass is 16.5. The molecule has 2 aromatic heterocycles. The molecule has 0 unspecified atom stereocenters. The van der Waals surface area contributed by atoms with Gasteiger partial charge >= 0.3 is 0 Å². The van der Waals surface area contributed by atoms with Crippen LogP contribution in [0.15, 0.2) is 42.6 Å². The molecule has 1 aromatic carbocycles. The summed E-state index contributed by atoms with van der Waals surface area (Å²) in [6.45, 7) is 5.89. The second kappa shape index (κ2) is 7.94. The molecule has 0 aliphatic carbocycles. The van der Waals surface area contributed by atoms with Crippen LogP contribution in [-0.4, -0.2) is 36.9 Å². The molecule has 0 saturated heterocycles. The lowest BCUT2D eigenvalue weighted by Crippen LogP contribution is -2.06. The number of pyridine rings is 2. The van der Waals surface area contributed by atoms with Gasteiger partial charge in [0.05, 0.1) is 24.9 Å². The molecule has 0 saturated carbocycles. The van der Waals surface area contributed by atoms with Crippen LogP contribution in [0, 0.1) is 6.92 Å². The normalized spacial score (nSPS) is 10.8. The van der Waals surface area contributed by atoms with E-state index in [-0.39, 0.29) is 0 Å². The van der Waals surface area contributed by atoms with E-state index in [4.69, 9.17) is 19.2 Å². The van der Waals surface area contributed by atoms with Crippen molar-refractivity contribution in [1.29, 1.82) is 0 Å². The zero-order valence-corrected chi connectivity index (χ0v) is 14.8. The Hall–Kier alpha value is -2.66. The third kappa shape index (κ3) is 4.06. The lowest BCUT2D eigenvalue weighted by molar-refractivity contribution is 0.110. The Kier molecular flexibility index (Phi) is 5.46. The fourth-order valence-corrected chi connectivity index (χ4v) is 2.65. The Morgan fingerprint density at radius 1 is 1.04 bits per heavy atom. The van der Waals surface area contributed by atoms with Gasteiger partial charge in [-0.25, -0.2) is 9.97 Å². The molecule has 5 nitrogen and oxygen atoms in total. The Morgan fingerprint density at radius 2 is 1.92 bits per heavy atom. The highest BCUT2D eigenvalue weighted by Crippen LogP contribution is 2.28. The van der Waals surface area contributed by atoms with Gasteiger partial charge in [0.2, 0.25) is 5.88 Å². The Morgan fingerprint density at radius 3 is 2.72 bits per heavy atom. The summed E-state index contributed by atoms with van der Waals surface area (Å²) in [4.78, 5) is 8.91. The van der Waals surface area contributed by atoms with E-state index in [0.717, 1.165) is 33.5 Å². The smallest absolute Gasteiger partial charge is 0.213 e. The van der Waals surface area contributed by atoms with Gasteiger partial charge in [-0.15, -0.1) is 0 Å². The second-order valence-electron chi connectivity index (χ2n) is 5.64. The van der Waals surface area contributed by atoms with Crippen molar-refractivity contribution in [2.75, 3.05) is 26.9 Å². The lowest BCUT2D eigenvalue weighted by atomic mass is 10.1. The average molecular weight is 338 g/mol. The molecule has 130 valence electrons. The molecule has 0 spiro atoms. The standard InChI is InChI=1S/C20H22N2O3/c1-4-24-9-10-25-16-5-6-18-17(13-16)14(2)11-19(22-18)15-7-8-21-20(12-15)23-3/h5-8,11-13H,4,9-10H2,1-3H3. The minimum Gasteiger partial charge on any atom is -0.491 e. The molecule has 0 aliphatic heterocycles. The fraction of sp³-hybridized carbons (Fsp3) is 0.300. The predicted molar refractivity (Wildman–Crippen MR) is 98.3 cm³/mol. The molecule has 0 N–H and O–H groups in total. The highest BCUT2D eigenvalue weighted by Gasteiger charge is 2.08. The summed E-state index contributed by atoms with van der Waals surface area (Å²) < 4.78 is 16.2. The van der Waals surface area contributed by atoms with Crippen LogP contribution >= 0.6 is 0 Å². The van der Waals surface area contributed by atoms with Gasteiger partial charge in [-0.05, 0) is 49.7 Å². The molecule has 0 fully saturated rings. The number of nitrogens with zero attached hydrogens (tertiary/aromatic N) is 2. The first-order chi connectivity index (χ1) is 12.2. The van der Waals surface area contributed by atoms with Crippen LogP contribution in [0.4, 0.5) is 0 Å². The number of fused-ring (bicyclic) bond motifs is 1. The Bertz CT molecular complexity index is 865. The maximum Gasteiger partial charge on any atom is 0.213 e. The molecule has 3 rings (SSSR count). The number of ether oxygens (including phenoxy) is 3. The van der Waals surface area contributed by atoms with Crippen LogP contribution in [0.1, 0.15) is 12.5 Å². The highest BCUT2D eigenvalue weighted by molar-refractivity contribution is 5.86. The summed E-state index contributed by atoms with van der Waals surface area (Å²) in [6, 6.07) is 11.8. The number of benzene rings is 1. The topological polar surface area (TPSA) is 53.5 Å².